The predicted octanol–water partition coefficient (Wildman–Crippen LogP) is 0.0208. The zero-order valence-corrected chi connectivity index (χ0v) is 11.0. The molecule has 0 heterocycles. The predicted molar refractivity (Wildman–Crippen MR) is 81.5 cm³/mol. The SMILES string of the molecule is NC(=S)N/N=C\c1ccccc1/C=N/NC(N)=S. The molecule has 1 aromatic rings. The van der Waals surface area contributed by atoms with Crippen LogP contribution in [0.4, 0.5) is 0 Å². The number of nitrogens with one attached hydrogen (secondary N) is 2. The molecule has 18 heavy (non-hydrogen) atoms. The lowest BCUT2D eigenvalue weighted by molar-refractivity contribution is 1.04. The van der Waals surface area contributed by atoms with E-state index in [2.05, 4.69) is 45.5 Å². The molecule has 0 fully saturated rings. The molecule has 6 nitrogen and oxygen atoms in total. The summed E-state index contributed by atoms with van der Waals surface area (Å²) >= 11 is 9.26. The number of nitrogens with zero attached hydrogens (tertiary/aromatic N) is 2. The van der Waals surface area contributed by atoms with Crippen molar-refractivity contribution in [3.8, 4) is 0 Å². The molecule has 0 unspecified atom stereocenters. The molecule has 0 aliphatic carbocycles. The number of rotatable bonds is 4. The lowest BCUT2D eigenvalue weighted by Gasteiger charge is -2.00. The highest BCUT2D eigenvalue weighted by Gasteiger charge is 1.95. The summed E-state index contributed by atoms with van der Waals surface area (Å²) in [5, 5.41) is 7.95. The summed E-state index contributed by atoms with van der Waals surface area (Å²) in [6.07, 6.45) is 3.17. The minimum absolute atomic E-state index is 0.104. The molecule has 1 rings (SSSR count). The molecule has 0 atom stereocenters. The first kappa shape index (κ1) is 14.0. The van der Waals surface area contributed by atoms with Crippen molar-refractivity contribution in [2.75, 3.05) is 0 Å². The van der Waals surface area contributed by atoms with Crippen molar-refractivity contribution in [3.63, 3.8) is 0 Å². The first-order valence-electron chi connectivity index (χ1n) is 4.85. The van der Waals surface area contributed by atoms with Crippen LogP contribution in [0.25, 0.3) is 0 Å². The second kappa shape index (κ2) is 7.30. The van der Waals surface area contributed by atoms with Gasteiger partial charge in [-0.25, -0.2) is 0 Å². The topological polar surface area (TPSA) is 101 Å². The van der Waals surface area contributed by atoms with E-state index in [1.807, 2.05) is 24.3 Å². The molecule has 0 aliphatic heterocycles. The van der Waals surface area contributed by atoms with Crippen LogP contribution < -0.4 is 22.3 Å². The van der Waals surface area contributed by atoms with Gasteiger partial charge in [0.25, 0.3) is 0 Å². The molecule has 8 heteroatoms. The van der Waals surface area contributed by atoms with E-state index in [1.54, 1.807) is 12.4 Å². The molecule has 1 aromatic carbocycles. The Morgan fingerprint density at radius 1 is 0.944 bits per heavy atom. The quantitative estimate of drug-likeness (QED) is 0.352. The minimum Gasteiger partial charge on any atom is -0.375 e. The maximum absolute atomic E-state index is 5.25. The first-order chi connectivity index (χ1) is 8.59. The molecule has 0 saturated carbocycles. The Morgan fingerprint density at radius 2 is 1.33 bits per heavy atom. The van der Waals surface area contributed by atoms with Crippen LogP contribution in [-0.2, 0) is 0 Å². The maximum Gasteiger partial charge on any atom is 0.184 e. The molecule has 0 spiro atoms. The van der Waals surface area contributed by atoms with Gasteiger partial charge in [-0.2, -0.15) is 10.2 Å². The molecule has 0 bridgehead atoms. The van der Waals surface area contributed by atoms with Gasteiger partial charge in [-0.1, -0.05) is 24.3 Å². The monoisotopic (exact) mass is 280 g/mol. The third-order valence-electron chi connectivity index (χ3n) is 1.75. The van der Waals surface area contributed by atoms with Gasteiger partial charge in [-0.3, -0.25) is 10.9 Å². The fourth-order valence-electron chi connectivity index (χ4n) is 1.08. The van der Waals surface area contributed by atoms with Crippen LogP contribution in [0.5, 0.6) is 0 Å². The van der Waals surface area contributed by atoms with Crippen LogP contribution >= 0.6 is 24.4 Å². The second-order valence-corrected chi connectivity index (χ2v) is 3.98. The van der Waals surface area contributed by atoms with Gasteiger partial charge in [-0.05, 0) is 24.4 Å². The van der Waals surface area contributed by atoms with E-state index >= 15 is 0 Å². The molecular weight excluding hydrogens is 268 g/mol. The minimum atomic E-state index is 0.104. The van der Waals surface area contributed by atoms with Crippen LogP contribution in [0.15, 0.2) is 34.5 Å². The Labute approximate surface area is 115 Å². The zero-order chi connectivity index (χ0) is 13.4. The van der Waals surface area contributed by atoms with Crippen LogP contribution in [0.1, 0.15) is 11.1 Å². The lowest BCUT2D eigenvalue weighted by Crippen LogP contribution is -2.24. The van der Waals surface area contributed by atoms with E-state index in [-0.39, 0.29) is 10.2 Å². The largest absolute Gasteiger partial charge is 0.375 e. The van der Waals surface area contributed by atoms with Gasteiger partial charge in [0, 0.05) is 11.1 Å². The Morgan fingerprint density at radius 3 is 1.67 bits per heavy atom. The van der Waals surface area contributed by atoms with Crippen molar-refractivity contribution in [2.24, 2.45) is 21.7 Å². The highest BCUT2D eigenvalue weighted by molar-refractivity contribution is 7.80. The van der Waals surface area contributed by atoms with E-state index in [4.69, 9.17) is 11.5 Å². The van der Waals surface area contributed by atoms with Gasteiger partial charge < -0.3 is 11.5 Å². The van der Waals surface area contributed by atoms with Gasteiger partial charge in [0.15, 0.2) is 10.2 Å². The maximum atomic E-state index is 5.25. The number of benzene rings is 1. The third kappa shape index (κ3) is 5.32. The first-order valence-corrected chi connectivity index (χ1v) is 5.67. The number of nitrogens with two attached hydrogens (primary N) is 2. The fraction of sp³-hybridized carbons (Fsp3) is 0. The van der Waals surface area contributed by atoms with Gasteiger partial charge in [-0.15, -0.1) is 0 Å². The molecule has 94 valence electrons. The van der Waals surface area contributed by atoms with Gasteiger partial charge in [0.1, 0.15) is 0 Å². The van der Waals surface area contributed by atoms with Crippen molar-refractivity contribution >= 4 is 47.1 Å². The van der Waals surface area contributed by atoms with Crippen LogP contribution in [0.3, 0.4) is 0 Å². The number of hydrogen-bond donors (Lipinski definition) is 4. The molecule has 0 radical (unpaired) electrons. The van der Waals surface area contributed by atoms with Crippen molar-refractivity contribution in [1.82, 2.24) is 10.9 Å². The molecule has 6 N–H and O–H groups in total. The van der Waals surface area contributed by atoms with E-state index in [9.17, 15) is 0 Å². The summed E-state index contributed by atoms with van der Waals surface area (Å²) < 4.78 is 0. The van der Waals surface area contributed by atoms with E-state index in [1.165, 1.54) is 0 Å². The normalized spacial score (nSPS) is 10.7. The summed E-state index contributed by atoms with van der Waals surface area (Å²) in [5.41, 5.74) is 17.1. The molecular formula is C10H12N6S2. The lowest BCUT2D eigenvalue weighted by atomic mass is 10.1. The summed E-state index contributed by atoms with van der Waals surface area (Å²) in [6, 6.07) is 7.49. The average Bonchev–Trinajstić information content (AvgIpc) is 2.30. The summed E-state index contributed by atoms with van der Waals surface area (Å²) in [7, 11) is 0. The smallest absolute Gasteiger partial charge is 0.184 e. The summed E-state index contributed by atoms with van der Waals surface area (Å²) in [6.45, 7) is 0. The van der Waals surface area contributed by atoms with E-state index in [0.29, 0.717) is 0 Å². The van der Waals surface area contributed by atoms with E-state index < -0.39 is 0 Å². The third-order valence-corrected chi connectivity index (χ3v) is 1.94. The van der Waals surface area contributed by atoms with Crippen molar-refractivity contribution in [3.05, 3.63) is 35.4 Å². The van der Waals surface area contributed by atoms with Gasteiger partial charge >= 0.3 is 0 Å². The van der Waals surface area contributed by atoms with Gasteiger partial charge in [0.2, 0.25) is 0 Å². The van der Waals surface area contributed by atoms with E-state index in [0.717, 1.165) is 11.1 Å². The van der Waals surface area contributed by atoms with Crippen molar-refractivity contribution in [1.29, 1.82) is 0 Å². The Hall–Kier alpha value is -2.06. The highest BCUT2D eigenvalue weighted by Crippen LogP contribution is 2.02. The fourth-order valence-corrected chi connectivity index (χ4v) is 1.18. The second-order valence-electron chi connectivity index (χ2n) is 3.10. The summed E-state index contributed by atoms with van der Waals surface area (Å²) in [4.78, 5) is 0. The Balaban J connectivity index is 2.79. The highest BCUT2D eigenvalue weighted by atomic mass is 32.1. The van der Waals surface area contributed by atoms with Crippen LogP contribution in [0.2, 0.25) is 0 Å². The number of thiocarbonyl (C=S) groups is 2. The standard InChI is InChI=1S/C10H12N6S2/c11-9(17)15-13-5-7-3-1-2-4-8(7)6-14-16-10(12)18/h1-6H,(H3,11,15,17)(H3,12,16,18)/b13-5-,14-6+. The number of hydrogen-bond acceptors (Lipinski definition) is 4. The summed E-state index contributed by atoms with van der Waals surface area (Å²) in [5.74, 6) is 0. The molecule has 0 aliphatic rings. The van der Waals surface area contributed by atoms with Crippen molar-refractivity contribution < 1.29 is 0 Å². The molecule has 0 saturated heterocycles. The van der Waals surface area contributed by atoms with Crippen molar-refractivity contribution in [2.45, 2.75) is 0 Å². The molecule has 0 amide bonds. The van der Waals surface area contributed by atoms with Gasteiger partial charge in [0.05, 0.1) is 12.4 Å². The van der Waals surface area contributed by atoms with Crippen LogP contribution in [0, 0.1) is 0 Å². The van der Waals surface area contributed by atoms with Crippen LogP contribution in [-0.4, -0.2) is 22.7 Å². The Bertz CT molecular complexity index is 452. The molecule has 0 aromatic heterocycles. The zero-order valence-electron chi connectivity index (χ0n) is 9.33. The number of hydrazone groups is 2. The Kier molecular flexibility index (Phi) is 5.68. The average molecular weight is 280 g/mol.